The highest BCUT2D eigenvalue weighted by Crippen LogP contribution is 2.32. The van der Waals surface area contributed by atoms with Gasteiger partial charge < -0.3 is 10.5 Å². The molecule has 0 amide bonds. The number of hydrogen-bond acceptors (Lipinski definition) is 3. The van der Waals surface area contributed by atoms with Gasteiger partial charge in [0.2, 0.25) is 0 Å². The van der Waals surface area contributed by atoms with Crippen LogP contribution in [0, 0.1) is 5.41 Å². The number of carbonyl (C=O) groups excluding carboxylic acids is 1. The molecule has 3 heteroatoms. The third kappa shape index (κ3) is 2.61. The monoisotopic (exact) mass is 221 g/mol. The molecule has 0 saturated carbocycles. The Kier molecular flexibility index (Phi) is 4.07. The fourth-order valence-corrected chi connectivity index (χ4v) is 1.52. The van der Waals surface area contributed by atoms with E-state index in [1.54, 1.807) is 6.92 Å². The lowest BCUT2D eigenvalue weighted by atomic mass is 9.81. The zero-order chi connectivity index (χ0) is 12.2. The molecule has 0 aromatic heterocycles. The quantitative estimate of drug-likeness (QED) is 0.793. The Balaban J connectivity index is 2.87. The van der Waals surface area contributed by atoms with Crippen molar-refractivity contribution in [2.24, 2.45) is 11.1 Å². The third-order valence-electron chi connectivity index (χ3n) is 2.74. The van der Waals surface area contributed by atoms with Crippen molar-refractivity contribution in [3.05, 3.63) is 35.9 Å². The molecule has 16 heavy (non-hydrogen) atoms. The Hall–Kier alpha value is -1.35. The molecule has 1 aromatic rings. The van der Waals surface area contributed by atoms with Gasteiger partial charge in [0.15, 0.2) is 0 Å². The smallest absolute Gasteiger partial charge is 0.313 e. The Morgan fingerprint density at radius 3 is 2.44 bits per heavy atom. The maximum Gasteiger partial charge on any atom is 0.313 e. The Bertz CT molecular complexity index is 346. The maximum absolute atomic E-state index is 11.8. The van der Waals surface area contributed by atoms with Crippen LogP contribution in [0.3, 0.4) is 0 Å². The predicted molar refractivity (Wildman–Crippen MR) is 63.8 cm³/mol. The van der Waals surface area contributed by atoms with Gasteiger partial charge in [-0.25, -0.2) is 0 Å². The van der Waals surface area contributed by atoms with Crippen molar-refractivity contribution in [3.8, 4) is 0 Å². The molecule has 0 spiro atoms. The fraction of sp³-hybridized carbons (Fsp3) is 0.462. The minimum absolute atomic E-state index is 0.258. The normalized spacial score (nSPS) is 13.2. The van der Waals surface area contributed by atoms with Crippen molar-refractivity contribution in [3.63, 3.8) is 0 Å². The van der Waals surface area contributed by atoms with Crippen LogP contribution in [0.4, 0.5) is 0 Å². The second-order valence-corrected chi connectivity index (χ2v) is 4.33. The van der Waals surface area contributed by atoms with Crippen LogP contribution in [0.1, 0.15) is 32.4 Å². The van der Waals surface area contributed by atoms with E-state index < -0.39 is 5.41 Å². The van der Waals surface area contributed by atoms with Gasteiger partial charge in [-0.2, -0.15) is 0 Å². The highest BCUT2D eigenvalue weighted by atomic mass is 16.5. The van der Waals surface area contributed by atoms with Crippen molar-refractivity contribution < 1.29 is 9.53 Å². The van der Waals surface area contributed by atoms with Crippen molar-refractivity contribution in [1.82, 2.24) is 0 Å². The Labute approximate surface area is 96.6 Å². The average molecular weight is 221 g/mol. The number of ether oxygens (including phenoxy) is 1. The summed E-state index contributed by atoms with van der Waals surface area (Å²) in [5.74, 6) is -0.258. The van der Waals surface area contributed by atoms with Crippen molar-refractivity contribution in [2.45, 2.75) is 26.8 Å². The molecule has 1 unspecified atom stereocenters. The van der Waals surface area contributed by atoms with Crippen molar-refractivity contribution in [2.75, 3.05) is 6.61 Å². The van der Waals surface area contributed by atoms with Gasteiger partial charge in [0.25, 0.3) is 0 Å². The van der Waals surface area contributed by atoms with Crippen molar-refractivity contribution in [1.29, 1.82) is 0 Å². The molecule has 0 bridgehead atoms. The Morgan fingerprint density at radius 2 is 1.94 bits per heavy atom. The summed E-state index contributed by atoms with van der Waals surface area (Å²) in [6, 6.07) is 9.24. The topological polar surface area (TPSA) is 52.3 Å². The number of benzene rings is 1. The lowest BCUT2D eigenvalue weighted by Gasteiger charge is -2.29. The van der Waals surface area contributed by atoms with E-state index in [9.17, 15) is 4.79 Å². The lowest BCUT2D eigenvalue weighted by molar-refractivity contribution is -0.154. The molecular weight excluding hydrogens is 202 g/mol. The third-order valence-corrected chi connectivity index (χ3v) is 2.74. The van der Waals surface area contributed by atoms with E-state index in [-0.39, 0.29) is 12.0 Å². The van der Waals surface area contributed by atoms with Gasteiger partial charge in [0.05, 0.1) is 12.0 Å². The summed E-state index contributed by atoms with van der Waals surface area (Å²) < 4.78 is 5.03. The molecule has 88 valence electrons. The summed E-state index contributed by atoms with van der Waals surface area (Å²) in [7, 11) is 0. The van der Waals surface area contributed by atoms with Crippen molar-refractivity contribution >= 4 is 5.97 Å². The molecule has 1 atom stereocenters. The molecule has 0 aliphatic carbocycles. The van der Waals surface area contributed by atoms with E-state index >= 15 is 0 Å². The average Bonchev–Trinajstić information content (AvgIpc) is 2.29. The minimum atomic E-state index is -0.711. The molecule has 3 nitrogen and oxygen atoms in total. The first kappa shape index (κ1) is 12.7. The summed E-state index contributed by atoms with van der Waals surface area (Å²) in [5.41, 5.74) is 6.34. The molecule has 0 radical (unpaired) electrons. The van der Waals surface area contributed by atoms with E-state index in [1.165, 1.54) is 0 Å². The highest BCUT2D eigenvalue weighted by molar-refractivity contribution is 5.77. The van der Waals surface area contributed by atoms with Gasteiger partial charge in [-0.15, -0.1) is 0 Å². The molecule has 1 aromatic carbocycles. The largest absolute Gasteiger partial charge is 0.466 e. The van der Waals surface area contributed by atoms with Gasteiger partial charge in [-0.05, 0) is 26.3 Å². The maximum atomic E-state index is 11.8. The van der Waals surface area contributed by atoms with Crippen LogP contribution in [-0.2, 0) is 9.53 Å². The van der Waals surface area contributed by atoms with Crippen LogP contribution in [-0.4, -0.2) is 12.6 Å². The van der Waals surface area contributed by atoms with Crippen LogP contribution >= 0.6 is 0 Å². The van der Waals surface area contributed by atoms with Crippen LogP contribution in [0.5, 0.6) is 0 Å². The predicted octanol–water partition coefficient (Wildman–Crippen LogP) is 2.28. The first-order valence-corrected chi connectivity index (χ1v) is 5.48. The van der Waals surface area contributed by atoms with E-state index in [1.807, 2.05) is 44.2 Å². The molecule has 0 aliphatic heterocycles. The molecule has 0 fully saturated rings. The Morgan fingerprint density at radius 1 is 1.38 bits per heavy atom. The number of carbonyl (C=O) groups is 1. The van der Waals surface area contributed by atoms with E-state index in [2.05, 4.69) is 0 Å². The molecule has 2 N–H and O–H groups in total. The zero-order valence-electron chi connectivity index (χ0n) is 10.1. The second-order valence-electron chi connectivity index (χ2n) is 4.33. The van der Waals surface area contributed by atoms with Gasteiger partial charge in [0, 0.05) is 6.04 Å². The van der Waals surface area contributed by atoms with Gasteiger partial charge in [-0.3, -0.25) is 4.79 Å². The molecule has 0 aliphatic rings. The second kappa shape index (κ2) is 5.12. The van der Waals surface area contributed by atoms with Crippen LogP contribution in [0.25, 0.3) is 0 Å². The summed E-state index contributed by atoms with van der Waals surface area (Å²) in [5, 5.41) is 0. The summed E-state index contributed by atoms with van der Waals surface area (Å²) >= 11 is 0. The lowest BCUT2D eigenvalue weighted by Crippen LogP contribution is -2.37. The van der Waals surface area contributed by atoms with E-state index in [0.717, 1.165) is 5.56 Å². The molecular formula is C13H19NO2. The summed E-state index contributed by atoms with van der Waals surface area (Å²) in [6.45, 7) is 5.79. The van der Waals surface area contributed by atoms with E-state index in [0.29, 0.717) is 6.61 Å². The van der Waals surface area contributed by atoms with Gasteiger partial charge >= 0.3 is 5.97 Å². The number of rotatable bonds is 4. The zero-order valence-corrected chi connectivity index (χ0v) is 10.1. The van der Waals surface area contributed by atoms with Crippen LogP contribution in [0.15, 0.2) is 30.3 Å². The number of hydrogen-bond donors (Lipinski definition) is 1. The number of esters is 1. The van der Waals surface area contributed by atoms with Gasteiger partial charge in [0.1, 0.15) is 0 Å². The summed E-state index contributed by atoms with van der Waals surface area (Å²) in [4.78, 5) is 11.8. The summed E-state index contributed by atoms with van der Waals surface area (Å²) in [6.07, 6.45) is 0. The SMILES string of the molecule is CCOC(=O)C(C)(C)C(N)c1ccccc1. The number of nitrogens with two attached hydrogens (primary N) is 1. The fourth-order valence-electron chi connectivity index (χ4n) is 1.52. The van der Waals surface area contributed by atoms with Crippen LogP contribution < -0.4 is 5.73 Å². The molecule has 1 rings (SSSR count). The first-order valence-electron chi connectivity index (χ1n) is 5.48. The standard InChI is InChI=1S/C13H19NO2/c1-4-16-12(15)13(2,3)11(14)10-8-6-5-7-9-10/h5-9,11H,4,14H2,1-3H3. The van der Waals surface area contributed by atoms with E-state index in [4.69, 9.17) is 10.5 Å². The molecule has 0 heterocycles. The van der Waals surface area contributed by atoms with Crippen LogP contribution in [0.2, 0.25) is 0 Å². The minimum Gasteiger partial charge on any atom is -0.466 e. The first-order chi connectivity index (χ1) is 7.50. The highest BCUT2D eigenvalue weighted by Gasteiger charge is 2.36. The molecule has 0 saturated heterocycles. The van der Waals surface area contributed by atoms with Gasteiger partial charge in [-0.1, -0.05) is 30.3 Å².